The van der Waals surface area contributed by atoms with E-state index in [-0.39, 0.29) is 5.41 Å². The Morgan fingerprint density at radius 2 is 2.00 bits per heavy atom. The summed E-state index contributed by atoms with van der Waals surface area (Å²) in [4.78, 5) is 7.99. The molecule has 94 valence electrons. The Balaban J connectivity index is 2.28. The van der Waals surface area contributed by atoms with Crippen molar-refractivity contribution < 1.29 is 4.74 Å². The Morgan fingerprint density at radius 3 is 2.67 bits per heavy atom. The Morgan fingerprint density at radius 1 is 1.22 bits per heavy atom. The molecule has 1 heterocycles. The second-order valence-electron chi connectivity index (χ2n) is 5.06. The molecule has 0 N–H and O–H groups in total. The van der Waals surface area contributed by atoms with Crippen LogP contribution in [0.3, 0.4) is 0 Å². The van der Waals surface area contributed by atoms with Crippen molar-refractivity contribution in [2.45, 2.75) is 26.2 Å². The minimum absolute atomic E-state index is 0.0995. The van der Waals surface area contributed by atoms with Gasteiger partial charge in [0.1, 0.15) is 12.1 Å². The van der Waals surface area contributed by atoms with Gasteiger partial charge in [0.05, 0.1) is 4.47 Å². The van der Waals surface area contributed by atoms with E-state index in [0.717, 1.165) is 10.2 Å². The molecule has 3 nitrogen and oxygen atoms in total. The maximum atomic E-state index is 5.75. The first-order chi connectivity index (χ1) is 8.47. The van der Waals surface area contributed by atoms with Crippen LogP contribution in [0.15, 0.2) is 41.3 Å². The average Bonchev–Trinajstić information content (AvgIpc) is 2.31. The molecule has 0 unspecified atom stereocenters. The van der Waals surface area contributed by atoms with Gasteiger partial charge < -0.3 is 4.74 Å². The van der Waals surface area contributed by atoms with Gasteiger partial charge in [-0.2, -0.15) is 0 Å². The molecule has 2 rings (SSSR count). The summed E-state index contributed by atoms with van der Waals surface area (Å²) in [7, 11) is 0. The zero-order valence-electron chi connectivity index (χ0n) is 10.6. The highest BCUT2D eigenvalue weighted by atomic mass is 79.9. The molecule has 1 aromatic carbocycles. The lowest BCUT2D eigenvalue weighted by Gasteiger charge is -2.19. The van der Waals surface area contributed by atoms with Crippen molar-refractivity contribution in [2.75, 3.05) is 0 Å². The normalized spacial score (nSPS) is 11.3. The van der Waals surface area contributed by atoms with Gasteiger partial charge in [0.25, 0.3) is 0 Å². The first kappa shape index (κ1) is 13.0. The number of nitrogens with zero attached hydrogens (tertiary/aromatic N) is 2. The van der Waals surface area contributed by atoms with Gasteiger partial charge in [-0.05, 0) is 39.0 Å². The van der Waals surface area contributed by atoms with Crippen LogP contribution in [0.2, 0.25) is 0 Å². The van der Waals surface area contributed by atoms with Crippen LogP contribution in [0.4, 0.5) is 0 Å². The third-order valence-electron chi connectivity index (χ3n) is 2.55. The lowest BCUT2D eigenvalue weighted by molar-refractivity contribution is 0.455. The fourth-order valence-electron chi connectivity index (χ4n) is 1.51. The molecular formula is C14H15BrN2O. The van der Waals surface area contributed by atoms with Crippen LogP contribution in [0.25, 0.3) is 0 Å². The summed E-state index contributed by atoms with van der Waals surface area (Å²) in [6.07, 6.45) is 3.13. The van der Waals surface area contributed by atoms with Crippen molar-refractivity contribution >= 4 is 15.9 Å². The van der Waals surface area contributed by atoms with Crippen molar-refractivity contribution in [3.8, 4) is 11.6 Å². The Hall–Kier alpha value is -1.42. The molecule has 0 saturated heterocycles. The summed E-state index contributed by atoms with van der Waals surface area (Å²) < 4.78 is 6.49. The maximum absolute atomic E-state index is 5.75. The van der Waals surface area contributed by atoms with Gasteiger partial charge >= 0.3 is 0 Å². The first-order valence-corrected chi connectivity index (χ1v) is 6.50. The SMILES string of the molecule is CC(C)(C)c1cccc(Oc2ncncc2Br)c1. The quantitative estimate of drug-likeness (QED) is 0.828. The monoisotopic (exact) mass is 306 g/mol. The highest BCUT2D eigenvalue weighted by Crippen LogP contribution is 2.30. The van der Waals surface area contributed by atoms with Gasteiger partial charge in [-0.1, -0.05) is 32.9 Å². The second kappa shape index (κ2) is 5.06. The molecule has 4 heteroatoms. The fourth-order valence-corrected chi connectivity index (χ4v) is 1.82. The van der Waals surface area contributed by atoms with E-state index in [1.54, 1.807) is 6.20 Å². The summed E-state index contributed by atoms with van der Waals surface area (Å²) in [6, 6.07) is 8.05. The van der Waals surface area contributed by atoms with E-state index in [0.29, 0.717) is 5.88 Å². The van der Waals surface area contributed by atoms with E-state index in [1.807, 2.05) is 18.2 Å². The average molecular weight is 307 g/mol. The molecule has 0 bridgehead atoms. The predicted molar refractivity (Wildman–Crippen MR) is 74.9 cm³/mol. The molecule has 0 atom stereocenters. The minimum Gasteiger partial charge on any atom is -0.438 e. The van der Waals surface area contributed by atoms with Gasteiger partial charge in [-0.3, -0.25) is 0 Å². The summed E-state index contributed by atoms with van der Waals surface area (Å²) in [5.74, 6) is 1.30. The van der Waals surface area contributed by atoms with Gasteiger partial charge in [0, 0.05) is 6.20 Å². The van der Waals surface area contributed by atoms with E-state index in [4.69, 9.17) is 4.74 Å². The lowest BCUT2D eigenvalue weighted by atomic mass is 9.87. The van der Waals surface area contributed by atoms with Gasteiger partial charge in [0.2, 0.25) is 5.88 Å². The molecule has 0 saturated carbocycles. The zero-order chi connectivity index (χ0) is 13.2. The number of aromatic nitrogens is 2. The van der Waals surface area contributed by atoms with Gasteiger partial charge in [-0.15, -0.1) is 0 Å². The van der Waals surface area contributed by atoms with Crippen LogP contribution in [-0.4, -0.2) is 9.97 Å². The second-order valence-corrected chi connectivity index (χ2v) is 5.91. The maximum Gasteiger partial charge on any atom is 0.236 e. The van der Waals surface area contributed by atoms with Crippen molar-refractivity contribution in [2.24, 2.45) is 0 Å². The van der Waals surface area contributed by atoms with Crippen LogP contribution in [0.1, 0.15) is 26.3 Å². The standard InChI is InChI=1S/C14H15BrN2O/c1-14(2,3)10-5-4-6-11(7-10)18-13-12(15)8-16-9-17-13/h4-9H,1-3H3. The number of rotatable bonds is 2. The third-order valence-corrected chi connectivity index (χ3v) is 3.09. The van der Waals surface area contributed by atoms with Crippen molar-refractivity contribution in [3.05, 3.63) is 46.8 Å². The van der Waals surface area contributed by atoms with Crippen LogP contribution < -0.4 is 4.74 Å². The van der Waals surface area contributed by atoms with Crippen LogP contribution in [-0.2, 0) is 5.41 Å². The summed E-state index contributed by atoms with van der Waals surface area (Å²) in [5, 5.41) is 0. The topological polar surface area (TPSA) is 35.0 Å². The number of benzene rings is 1. The molecule has 0 spiro atoms. The van der Waals surface area contributed by atoms with E-state index < -0.39 is 0 Å². The van der Waals surface area contributed by atoms with E-state index in [1.165, 1.54) is 11.9 Å². The number of halogens is 1. The third kappa shape index (κ3) is 3.07. The minimum atomic E-state index is 0.0995. The molecule has 0 amide bonds. The predicted octanol–water partition coefficient (Wildman–Crippen LogP) is 4.33. The number of hydrogen-bond donors (Lipinski definition) is 0. The molecule has 1 aromatic heterocycles. The van der Waals surface area contributed by atoms with Crippen molar-refractivity contribution in [1.29, 1.82) is 0 Å². The Bertz CT molecular complexity index is 549. The van der Waals surface area contributed by atoms with Crippen LogP contribution in [0, 0.1) is 0 Å². The smallest absolute Gasteiger partial charge is 0.236 e. The summed E-state index contributed by atoms with van der Waals surface area (Å²) >= 11 is 3.36. The summed E-state index contributed by atoms with van der Waals surface area (Å²) in [6.45, 7) is 6.52. The molecule has 0 aliphatic rings. The fraction of sp³-hybridized carbons (Fsp3) is 0.286. The van der Waals surface area contributed by atoms with Crippen LogP contribution >= 0.6 is 15.9 Å². The highest BCUT2D eigenvalue weighted by Gasteiger charge is 2.14. The molecule has 0 aliphatic carbocycles. The van der Waals surface area contributed by atoms with E-state index in [9.17, 15) is 0 Å². The largest absolute Gasteiger partial charge is 0.438 e. The molecule has 2 aromatic rings. The molecule has 0 aliphatic heterocycles. The highest BCUT2D eigenvalue weighted by molar-refractivity contribution is 9.10. The number of hydrogen-bond acceptors (Lipinski definition) is 3. The van der Waals surface area contributed by atoms with Crippen LogP contribution in [0.5, 0.6) is 11.6 Å². The number of ether oxygens (including phenoxy) is 1. The Labute approximate surface area is 115 Å². The lowest BCUT2D eigenvalue weighted by Crippen LogP contribution is -2.10. The Kier molecular flexibility index (Phi) is 3.66. The molecule has 0 fully saturated rings. The first-order valence-electron chi connectivity index (χ1n) is 5.71. The van der Waals surface area contributed by atoms with Crippen molar-refractivity contribution in [3.63, 3.8) is 0 Å². The van der Waals surface area contributed by atoms with E-state index >= 15 is 0 Å². The van der Waals surface area contributed by atoms with Crippen molar-refractivity contribution in [1.82, 2.24) is 9.97 Å². The van der Waals surface area contributed by atoms with Gasteiger partial charge in [-0.25, -0.2) is 9.97 Å². The van der Waals surface area contributed by atoms with Gasteiger partial charge in [0.15, 0.2) is 0 Å². The van der Waals surface area contributed by atoms with E-state index in [2.05, 4.69) is 52.7 Å². The molecule has 0 radical (unpaired) electrons. The summed E-state index contributed by atoms with van der Waals surface area (Å²) in [5.41, 5.74) is 1.33. The molecular weight excluding hydrogens is 292 g/mol. The molecule has 18 heavy (non-hydrogen) atoms. The zero-order valence-corrected chi connectivity index (χ0v) is 12.2.